The molecule has 0 radical (unpaired) electrons. The van der Waals surface area contributed by atoms with Gasteiger partial charge in [-0.25, -0.2) is 13.1 Å². The van der Waals surface area contributed by atoms with Crippen molar-refractivity contribution in [3.05, 3.63) is 24.3 Å². The quantitative estimate of drug-likeness (QED) is 0.604. The number of carbonyl (C=O) groups is 1. The molecule has 0 aliphatic carbocycles. The van der Waals surface area contributed by atoms with Crippen LogP contribution < -0.4 is 14.8 Å². The van der Waals surface area contributed by atoms with Gasteiger partial charge in [-0.15, -0.1) is 0 Å². The van der Waals surface area contributed by atoms with Crippen molar-refractivity contribution in [2.75, 3.05) is 25.1 Å². The van der Waals surface area contributed by atoms with Gasteiger partial charge >= 0.3 is 0 Å². The lowest BCUT2D eigenvalue weighted by Crippen LogP contribution is -2.31. The predicted molar refractivity (Wildman–Crippen MR) is 101 cm³/mol. The van der Waals surface area contributed by atoms with E-state index < -0.39 is 15.3 Å². The minimum atomic E-state index is -3.23. The average molecular weight is 384 g/mol. The van der Waals surface area contributed by atoms with Gasteiger partial charge in [0, 0.05) is 25.1 Å². The van der Waals surface area contributed by atoms with Crippen LogP contribution in [0, 0.1) is 0 Å². The number of amides is 1. The lowest BCUT2D eigenvalue weighted by molar-refractivity contribution is -0.116. The van der Waals surface area contributed by atoms with Crippen molar-refractivity contribution in [2.24, 2.45) is 0 Å². The molecule has 7 nitrogen and oxygen atoms in total. The molecule has 1 saturated heterocycles. The molecule has 1 heterocycles. The standard InChI is InChI=1S/C18H28N2O5S/c1-14(2)26(22,23)19-11-4-3-5-18(21)20-15-6-8-16(9-7-15)25-17-10-12-24-13-17/h6-9,14,17,19H,3-5,10-13H2,1-2H3,(H,20,21). The van der Waals surface area contributed by atoms with Gasteiger partial charge in [0.2, 0.25) is 15.9 Å². The van der Waals surface area contributed by atoms with Gasteiger partial charge in [0.25, 0.3) is 0 Å². The highest BCUT2D eigenvalue weighted by atomic mass is 32.2. The van der Waals surface area contributed by atoms with Crippen LogP contribution in [0.3, 0.4) is 0 Å². The lowest BCUT2D eigenvalue weighted by atomic mass is 10.2. The van der Waals surface area contributed by atoms with E-state index >= 15 is 0 Å². The van der Waals surface area contributed by atoms with Crippen LogP contribution in [0.15, 0.2) is 24.3 Å². The fraction of sp³-hybridized carbons (Fsp3) is 0.611. The number of hydrogen-bond acceptors (Lipinski definition) is 5. The molecule has 1 aromatic carbocycles. The van der Waals surface area contributed by atoms with E-state index in [1.54, 1.807) is 26.0 Å². The summed E-state index contributed by atoms with van der Waals surface area (Å²) >= 11 is 0. The Morgan fingerprint density at radius 3 is 2.62 bits per heavy atom. The summed E-state index contributed by atoms with van der Waals surface area (Å²) in [5.74, 6) is 0.672. The summed E-state index contributed by atoms with van der Waals surface area (Å²) in [7, 11) is -3.23. The normalized spacial score (nSPS) is 17.4. The van der Waals surface area contributed by atoms with E-state index in [9.17, 15) is 13.2 Å². The molecule has 0 bridgehead atoms. The largest absolute Gasteiger partial charge is 0.488 e. The fourth-order valence-electron chi connectivity index (χ4n) is 2.43. The van der Waals surface area contributed by atoms with Crippen LogP contribution >= 0.6 is 0 Å². The monoisotopic (exact) mass is 384 g/mol. The maximum atomic E-state index is 11.9. The first-order valence-corrected chi connectivity index (χ1v) is 10.5. The van der Waals surface area contributed by atoms with E-state index in [2.05, 4.69) is 10.0 Å². The van der Waals surface area contributed by atoms with Crippen LogP contribution in [-0.4, -0.2) is 45.4 Å². The molecule has 0 saturated carbocycles. The third-order valence-electron chi connectivity index (χ3n) is 4.08. The summed E-state index contributed by atoms with van der Waals surface area (Å²) < 4.78 is 36.8. The van der Waals surface area contributed by atoms with Crippen LogP contribution in [0.5, 0.6) is 5.75 Å². The Morgan fingerprint density at radius 1 is 1.27 bits per heavy atom. The number of benzene rings is 1. The van der Waals surface area contributed by atoms with E-state index in [-0.39, 0.29) is 12.0 Å². The summed E-state index contributed by atoms with van der Waals surface area (Å²) in [5.41, 5.74) is 0.713. The number of nitrogens with one attached hydrogen (secondary N) is 2. The molecule has 1 atom stereocenters. The second-order valence-corrected chi connectivity index (χ2v) is 8.94. The highest BCUT2D eigenvalue weighted by Crippen LogP contribution is 2.19. The molecule has 2 N–H and O–H groups in total. The molecule has 1 aliphatic rings. The summed E-state index contributed by atoms with van der Waals surface area (Å²) in [4.78, 5) is 11.9. The highest BCUT2D eigenvalue weighted by Gasteiger charge is 2.17. The van der Waals surface area contributed by atoms with Crippen molar-refractivity contribution in [3.8, 4) is 5.75 Å². The summed E-state index contributed by atoms with van der Waals surface area (Å²) in [6, 6.07) is 7.27. The van der Waals surface area contributed by atoms with Gasteiger partial charge in [-0.3, -0.25) is 4.79 Å². The third kappa shape index (κ3) is 6.93. The Labute approximate surface area is 155 Å². The zero-order chi connectivity index (χ0) is 19.0. The predicted octanol–water partition coefficient (Wildman–Crippen LogP) is 2.29. The molecular weight excluding hydrogens is 356 g/mol. The van der Waals surface area contributed by atoms with E-state index in [4.69, 9.17) is 9.47 Å². The smallest absolute Gasteiger partial charge is 0.224 e. The summed E-state index contributed by atoms with van der Waals surface area (Å²) in [6.07, 6.45) is 2.58. The number of unbranched alkanes of at least 4 members (excludes halogenated alkanes) is 1. The van der Waals surface area contributed by atoms with Crippen LogP contribution in [0.25, 0.3) is 0 Å². The summed E-state index contributed by atoms with van der Waals surface area (Å²) in [5, 5.41) is 2.38. The number of ether oxygens (including phenoxy) is 2. The molecule has 26 heavy (non-hydrogen) atoms. The van der Waals surface area contributed by atoms with Crippen LogP contribution in [0.2, 0.25) is 0 Å². The first-order chi connectivity index (χ1) is 12.4. The fourth-order valence-corrected chi connectivity index (χ4v) is 3.19. The molecule has 2 rings (SSSR count). The second-order valence-electron chi connectivity index (χ2n) is 6.62. The molecule has 146 valence electrons. The molecule has 1 unspecified atom stereocenters. The third-order valence-corrected chi connectivity index (χ3v) is 5.93. The molecule has 1 fully saturated rings. The number of sulfonamides is 1. The Morgan fingerprint density at radius 2 is 2.00 bits per heavy atom. The first kappa shape index (κ1) is 20.7. The average Bonchev–Trinajstić information content (AvgIpc) is 3.09. The van der Waals surface area contributed by atoms with Gasteiger partial charge in [0.05, 0.1) is 18.5 Å². The van der Waals surface area contributed by atoms with Gasteiger partial charge in [0.15, 0.2) is 0 Å². The Hall–Kier alpha value is -1.64. The van der Waals surface area contributed by atoms with Crippen molar-refractivity contribution in [1.29, 1.82) is 0 Å². The van der Waals surface area contributed by atoms with Crippen molar-refractivity contribution in [3.63, 3.8) is 0 Å². The Balaban J connectivity index is 1.64. The minimum Gasteiger partial charge on any atom is -0.488 e. The molecule has 1 aliphatic heterocycles. The van der Waals surface area contributed by atoms with Crippen molar-refractivity contribution >= 4 is 21.6 Å². The van der Waals surface area contributed by atoms with Gasteiger partial charge < -0.3 is 14.8 Å². The Bertz CT molecular complexity index is 667. The number of rotatable bonds is 10. The van der Waals surface area contributed by atoms with E-state index in [1.807, 2.05) is 12.1 Å². The lowest BCUT2D eigenvalue weighted by Gasteiger charge is -2.12. The molecule has 0 spiro atoms. The zero-order valence-electron chi connectivity index (χ0n) is 15.4. The molecule has 0 aromatic heterocycles. The maximum absolute atomic E-state index is 11.9. The zero-order valence-corrected chi connectivity index (χ0v) is 16.2. The van der Waals surface area contributed by atoms with Gasteiger partial charge in [-0.05, 0) is 51.0 Å². The van der Waals surface area contributed by atoms with Crippen LogP contribution in [0.4, 0.5) is 5.69 Å². The maximum Gasteiger partial charge on any atom is 0.224 e. The molecule has 1 aromatic rings. The van der Waals surface area contributed by atoms with Gasteiger partial charge in [0.1, 0.15) is 11.9 Å². The second kappa shape index (κ2) is 9.89. The molecule has 8 heteroatoms. The van der Waals surface area contributed by atoms with Gasteiger partial charge in [-0.2, -0.15) is 0 Å². The molecular formula is C18H28N2O5S. The Kier molecular flexibility index (Phi) is 7.86. The van der Waals surface area contributed by atoms with Crippen LogP contribution in [-0.2, 0) is 19.6 Å². The number of carbonyl (C=O) groups excluding carboxylic acids is 1. The van der Waals surface area contributed by atoms with Crippen molar-refractivity contribution < 1.29 is 22.7 Å². The first-order valence-electron chi connectivity index (χ1n) is 8.99. The van der Waals surface area contributed by atoms with E-state index in [0.29, 0.717) is 38.1 Å². The van der Waals surface area contributed by atoms with Crippen molar-refractivity contribution in [2.45, 2.75) is 50.9 Å². The topological polar surface area (TPSA) is 93.7 Å². The number of anilines is 1. The van der Waals surface area contributed by atoms with E-state index in [0.717, 1.165) is 18.8 Å². The highest BCUT2D eigenvalue weighted by molar-refractivity contribution is 7.90. The van der Waals surface area contributed by atoms with Crippen LogP contribution in [0.1, 0.15) is 39.5 Å². The summed E-state index contributed by atoms with van der Waals surface area (Å²) in [6.45, 7) is 4.97. The van der Waals surface area contributed by atoms with Crippen molar-refractivity contribution in [1.82, 2.24) is 4.72 Å². The van der Waals surface area contributed by atoms with Gasteiger partial charge in [-0.1, -0.05) is 0 Å². The van der Waals surface area contributed by atoms with E-state index in [1.165, 1.54) is 0 Å². The number of hydrogen-bond donors (Lipinski definition) is 2. The SMILES string of the molecule is CC(C)S(=O)(=O)NCCCCC(=O)Nc1ccc(OC2CCOC2)cc1. The minimum absolute atomic E-state index is 0.0884. The molecule has 1 amide bonds.